The Hall–Kier alpha value is -2.12. The van der Waals surface area contributed by atoms with E-state index in [0.717, 1.165) is 6.92 Å². The Balaban J connectivity index is 3.51. The van der Waals surface area contributed by atoms with Gasteiger partial charge in [0.15, 0.2) is 0 Å². The van der Waals surface area contributed by atoms with Gasteiger partial charge in [0, 0.05) is 6.07 Å². The highest BCUT2D eigenvalue weighted by Crippen LogP contribution is 2.25. The number of nitrogens with zero attached hydrogens (tertiary/aromatic N) is 2. The first-order valence-corrected chi connectivity index (χ1v) is 4.02. The lowest BCUT2D eigenvalue weighted by molar-refractivity contribution is -0.390. The van der Waals surface area contributed by atoms with Crippen LogP contribution in [0.25, 0.3) is 0 Å². The van der Waals surface area contributed by atoms with Crippen molar-refractivity contribution in [2.24, 2.45) is 0 Å². The number of hydrogen-bond donors (Lipinski definition) is 1. The van der Waals surface area contributed by atoms with Gasteiger partial charge in [-0.25, -0.2) is 13.6 Å². The van der Waals surface area contributed by atoms with Crippen molar-refractivity contribution < 1.29 is 23.6 Å². The molecular weight excluding hydrogens is 226 g/mol. The van der Waals surface area contributed by atoms with Crippen LogP contribution in [0.4, 0.5) is 14.6 Å². The topological polar surface area (TPSA) is 93.3 Å². The van der Waals surface area contributed by atoms with E-state index in [-0.39, 0.29) is 5.56 Å². The Morgan fingerprint density at radius 1 is 1.62 bits per heavy atom. The van der Waals surface area contributed by atoms with Gasteiger partial charge < -0.3 is 15.2 Å². The highest BCUT2D eigenvalue weighted by atomic mass is 19.3. The van der Waals surface area contributed by atoms with Crippen LogP contribution in [0.3, 0.4) is 0 Å². The zero-order chi connectivity index (χ0) is 12.5. The summed E-state index contributed by atoms with van der Waals surface area (Å²) in [6, 6.07) is 0.634. The highest BCUT2D eigenvalue weighted by molar-refractivity contribution is 5.90. The lowest BCUT2D eigenvalue weighted by Gasteiger charge is -2.03. The van der Waals surface area contributed by atoms with E-state index in [0.29, 0.717) is 6.07 Å². The van der Waals surface area contributed by atoms with Crippen molar-refractivity contribution in [1.82, 2.24) is 4.98 Å². The minimum absolute atomic E-state index is 0.248. The van der Waals surface area contributed by atoms with Gasteiger partial charge in [-0.1, -0.05) is 0 Å². The molecule has 1 aromatic rings. The number of carbonyl (C=O) groups is 1. The second kappa shape index (κ2) is 4.17. The van der Waals surface area contributed by atoms with Gasteiger partial charge in [-0.05, 0) is 16.8 Å². The number of hydrogen-bond acceptors (Lipinski definition) is 4. The largest absolute Gasteiger partial charge is 0.478 e. The van der Waals surface area contributed by atoms with E-state index in [9.17, 15) is 23.7 Å². The number of pyridine rings is 1. The number of halogens is 2. The number of rotatable bonds is 3. The molecule has 1 aromatic heterocycles. The zero-order valence-electron chi connectivity index (χ0n) is 7.98. The predicted molar refractivity (Wildman–Crippen MR) is 47.5 cm³/mol. The molecule has 0 radical (unpaired) electrons. The fourth-order valence-electron chi connectivity index (χ4n) is 1.13. The van der Waals surface area contributed by atoms with E-state index < -0.39 is 34.4 Å². The third kappa shape index (κ3) is 2.10. The number of alkyl halides is 2. The summed E-state index contributed by atoms with van der Waals surface area (Å²) in [6.07, 6.45) is -3.06. The summed E-state index contributed by atoms with van der Waals surface area (Å²) in [7, 11) is 0. The van der Waals surface area contributed by atoms with Crippen LogP contribution in [0.5, 0.6) is 0 Å². The lowest BCUT2D eigenvalue weighted by atomic mass is 10.1. The molecule has 1 N–H and O–H groups in total. The molecule has 0 saturated carbocycles. The quantitative estimate of drug-likeness (QED) is 0.634. The average Bonchev–Trinajstić information content (AvgIpc) is 2.16. The molecule has 8 heteroatoms. The lowest BCUT2D eigenvalue weighted by Crippen LogP contribution is -2.07. The van der Waals surface area contributed by atoms with Gasteiger partial charge in [0.2, 0.25) is 5.69 Å². The summed E-state index contributed by atoms with van der Waals surface area (Å²) in [6.45, 7) is 1.14. The first-order valence-electron chi connectivity index (χ1n) is 4.02. The third-order valence-corrected chi connectivity index (χ3v) is 1.89. The molecule has 0 unspecified atom stereocenters. The SMILES string of the molecule is Cc1c(C(=O)O)cc(C(F)F)nc1[N+](=O)[O-]. The summed E-state index contributed by atoms with van der Waals surface area (Å²) < 4.78 is 24.6. The van der Waals surface area contributed by atoms with Gasteiger partial charge in [-0.15, -0.1) is 0 Å². The van der Waals surface area contributed by atoms with E-state index in [1.54, 1.807) is 0 Å². The van der Waals surface area contributed by atoms with Crippen LogP contribution in [0.15, 0.2) is 6.07 Å². The van der Waals surface area contributed by atoms with E-state index >= 15 is 0 Å². The van der Waals surface area contributed by atoms with E-state index in [1.807, 2.05) is 0 Å². The van der Waals surface area contributed by atoms with Crippen molar-refractivity contribution in [2.75, 3.05) is 0 Å². The standard InChI is InChI=1S/C8H6F2N2O4/c1-3-4(8(13)14)2-5(6(9)10)11-7(3)12(15)16/h2,6H,1H3,(H,13,14). The average molecular weight is 232 g/mol. The first kappa shape index (κ1) is 12.0. The summed E-state index contributed by atoms with van der Waals surface area (Å²) in [4.78, 5) is 23.3. The number of carboxylic acids is 1. The van der Waals surface area contributed by atoms with Crippen molar-refractivity contribution in [3.05, 3.63) is 33.0 Å². The molecule has 0 saturated heterocycles. The molecule has 0 atom stereocenters. The molecule has 16 heavy (non-hydrogen) atoms. The molecule has 1 heterocycles. The maximum absolute atomic E-state index is 12.3. The van der Waals surface area contributed by atoms with Crippen LogP contribution >= 0.6 is 0 Å². The van der Waals surface area contributed by atoms with Gasteiger partial charge in [0.25, 0.3) is 0 Å². The third-order valence-electron chi connectivity index (χ3n) is 1.89. The normalized spacial score (nSPS) is 10.5. The molecule has 0 aliphatic heterocycles. The fourth-order valence-corrected chi connectivity index (χ4v) is 1.13. The minimum Gasteiger partial charge on any atom is -0.478 e. The Labute approximate surface area is 87.7 Å². The first-order chi connectivity index (χ1) is 7.34. The summed E-state index contributed by atoms with van der Waals surface area (Å²) in [5, 5.41) is 19.2. The maximum atomic E-state index is 12.3. The van der Waals surface area contributed by atoms with Crippen LogP contribution in [0.1, 0.15) is 28.0 Å². The number of nitro groups is 1. The molecule has 0 aromatic carbocycles. The van der Waals surface area contributed by atoms with Gasteiger partial charge in [0.1, 0.15) is 0 Å². The molecule has 0 fully saturated rings. The molecule has 0 spiro atoms. The Kier molecular flexibility index (Phi) is 3.11. The second-order valence-corrected chi connectivity index (χ2v) is 2.91. The summed E-state index contributed by atoms with van der Waals surface area (Å²) >= 11 is 0. The zero-order valence-corrected chi connectivity index (χ0v) is 7.98. The van der Waals surface area contributed by atoms with Gasteiger partial charge >= 0.3 is 18.2 Å². The van der Waals surface area contributed by atoms with Gasteiger partial charge in [0.05, 0.1) is 11.1 Å². The maximum Gasteiger partial charge on any atom is 0.367 e. The van der Waals surface area contributed by atoms with Crippen molar-refractivity contribution in [2.45, 2.75) is 13.3 Å². The molecule has 0 aliphatic rings. The van der Waals surface area contributed by atoms with E-state index in [2.05, 4.69) is 4.98 Å². The molecular formula is C8H6F2N2O4. The van der Waals surface area contributed by atoms with Crippen molar-refractivity contribution >= 4 is 11.8 Å². The van der Waals surface area contributed by atoms with E-state index in [1.165, 1.54) is 0 Å². The number of carboxylic acid groups (broad SMARTS) is 1. The van der Waals surface area contributed by atoms with Crippen molar-refractivity contribution in [3.8, 4) is 0 Å². The summed E-state index contributed by atoms with van der Waals surface area (Å²) in [5.74, 6) is -2.37. The molecule has 0 bridgehead atoms. The van der Waals surface area contributed by atoms with Crippen molar-refractivity contribution in [3.63, 3.8) is 0 Å². The molecule has 0 aliphatic carbocycles. The van der Waals surface area contributed by atoms with Crippen molar-refractivity contribution in [1.29, 1.82) is 0 Å². The number of aromatic carboxylic acids is 1. The Bertz CT molecular complexity index is 426. The van der Waals surface area contributed by atoms with Crippen LogP contribution in [-0.2, 0) is 0 Å². The molecule has 6 nitrogen and oxygen atoms in total. The highest BCUT2D eigenvalue weighted by Gasteiger charge is 2.26. The van der Waals surface area contributed by atoms with Crippen LogP contribution in [0, 0.1) is 17.0 Å². The Morgan fingerprint density at radius 2 is 2.19 bits per heavy atom. The molecule has 1 rings (SSSR count). The Morgan fingerprint density at radius 3 is 2.56 bits per heavy atom. The number of aromatic nitrogens is 1. The van der Waals surface area contributed by atoms with Crippen LogP contribution in [0.2, 0.25) is 0 Å². The smallest absolute Gasteiger partial charge is 0.367 e. The van der Waals surface area contributed by atoms with Crippen LogP contribution in [-0.4, -0.2) is 21.0 Å². The van der Waals surface area contributed by atoms with E-state index in [4.69, 9.17) is 5.11 Å². The van der Waals surface area contributed by atoms with Crippen LogP contribution < -0.4 is 0 Å². The fraction of sp³-hybridized carbons (Fsp3) is 0.250. The second-order valence-electron chi connectivity index (χ2n) is 2.91. The molecule has 0 amide bonds. The summed E-state index contributed by atoms with van der Waals surface area (Å²) in [5.41, 5.74) is -1.71. The van der Waals surface area contributed by atoms with Gasteiger partial charge in [-0.2, -0.15) is 0 Å². The monoisotopic (exact) mass is 232 g/mol. The van der Waals surface area contributed by atoms with Gasteiger partial charge in [-0.3, -0.25) is 0 Å². The minimum atomic E-state index is -3.06. The predicted octanol–water partition coefficient (Wildman–Crippen LogP) is 1.93. The molecule has 86 valence electrons.